The second-order valence-electron chi connectivity index (χ2n) is 4.95. The van der Waals surface area contributed by atoms with Gasteiger partial charge in [0.05, 0.1) is 6.61 Å². The van der Waals surface area contributed by atoms with E-state index in [1.54, 1.807) is 7.11 Å². The average molecular weight is 259 g/mol. The minimum Gasteiger partial charge on any atom is -0.383 e. The third-order valence-corrected chi connectivity index (χ3v) is 3.75. The SMILES string of the molecule is COCC(C)NC(=S)N(C)C1CCN(C)CC1. The van der Waals surface area contributed by atoms with Crippen molar-refractivity contribution in [3.05, 3.63) is 0 Å². The smallest absolute Gasteiger partial charge is 0.169 e. The predicted octanol–water partition coefficient (Wildman–Crippen LogP) is 0.922. The van der Waals surface area contributed by atoms with Crippen LogP contribution in [-0.4, -0.2) is 67.9 Å². The maximum absolute atomic E-state index is 5.42. The maximum Gasteiger partial charge on any atom is 0.169 e. The molecule has 0 aromatic rings. The van der Waals surface area contributed by atoms with E-state index in [2.05, 4.69) is 36.1 Å². The molecule has 1 aliphatic rings. The lowest BCUT2D eigenvalue weighted by Crippen LogP contribution is -2.50. The summed E-state index contributed by atoms with van der Waals surface area (Å²) in [6, 6.07) is 0.835. The highest BCUT2D eigenvalue weighted by Gasteiger charge is 2.22. The zero-order valence-electron chi connectivity index (χ0n) is 11.4. The highest BCUT2D eigenvalue weighted by atomic mass is 32.1. The van der Waals surface area contributed by atoms with E-state index in [1.165, 1.54) is 12.8 Å². The van der Waals surface area contributed by atoms with E-state index in [4.69, 9.17) is 17.0 Å². The molecule has 0 radical (unpaired) electrons. The number of rotatable bonds is 4. The molecule has 0 aliphatic carbocycles. The topological polar surface area (TPSA) is 27.7 Å². The number of nitrogens with zero attached hydrogens (tertiary/aromatic N) is 2. The van der Waals surface area contributed by atoms with Crippen molar-refractivity contribution in [1.82, 2.24) is 15.1 Å². The molecule has 0 saturated carbocycles. The van der Waals surface area contributed by atoms with E-state index in [0.717, 1.165) is 18.2 Å². The van der Waals surface area contributed by atoms with Gasteiger partial charge in [-0.2, -0.15) is 0 Å². The number of likely N-dealkylation sites (tertiary alicyclic amines) is 1. The molecular weight excluding hydrogens is 234 g/mol. The Morgan fingerprint density at radius 3 is 2.65 bits per heavy atom. The zero-order chi connectivity index (χ0) is 12.8. The molecule has 100 valence electrons. The van der Waals surface area contributed by atoms with Gasteiger partial charge in [-0.05, 0) is 52.1 Å². The molecule has 1 fully saturated rings. The van der Waals surface area contributed by atoms with E-state index in [0.29, 0.717) is 12.6 Å². The Kier molecular flexibility index (Phi) is 6.16. The third-order valence-electron chi connectivity index (χ3n) is 3.34. The van der Waals surface area contributed by atoms with Gasteiger partial charge in [0.15, 0.2) is 5.11 Å². The second-order valence-corrected chi connectivity index (χ2v) is 5.34. The zero-order valence-corrected chi connectivity index (χ0v) is 12.2. The van der Waals surface area contributed by atoms with Gasteiger partial charge in [-0.1, -0.05) is 0 Å². The van der Waals surface area contributed by atoms with Crippen molar-refractivity contribution < 1.29 is 4.74 Å². The van der Waals surface area contributed by atoms with Gasteiger partial charge in [0.25, 0.3) is 0 Å². The van der Waals surface area contributed by atoms with Gasteiger partial charge >= 0.3 is 0 Å². The fourth-order valence-electron chi connectivity index (χ4n) is 2.15. The summed E-state index contributed by atoms with van der Waals surface area (Å²) in [7, 11) is 5.97. The van der Waals surface area contributed by atoms with Crippen LogP contribution in [0.5, 0.6) is 0 Å². The lowest BCUT2D eigenvalue weighted by molar-refractivity contribution is 0.172. The molecule has 1 saturated heterocycles. The van der Waals surface area contributed by atoms with Crippen LogP contribution < -0.4 is 5.32 Å². The van der Waals surface area contributed by atoms with Crippen molar-refractivity contribution in [1.29, 1.82) is 0 Å². The molecule has 17 heavy (non-hydrogen) atoms. The lowest BCUT2D eigenvalue weighted by Gasteiger charge is -2.37. The summed E-state index contributed by atoms with van der Waals surface area (Å²) >= 11 is 5.42. The molecule has 1 aliphatic heterocycles. The van der Waals surface area contributed by atoms with Gasteiger partial charge < -0.3 is 19.9 Å². The first-order valence-electron chi connectivity index (χ1n) is 6.25. The molecule has 1 atom stereocenters. The molecule has 1 rings (SSSR count). The van der Waals surface area contributed by atoms with Crippen LogP contribution in [0.4, 0.5) is 0 Å². The van der Waals surface area contributed by atoms with Crippen LogP contribution in [-0.2, 0) is 4.74 Å². The number of hydrogen-bond donors (Lipinski definition) is 1. The maximum atomic E-state index is 5.42. The van der Waals surface area contributed by atoms with Crippen molar-refractivity contribution >= 4 is 17.3 Å². The summed E-state index contributed by atoms with van der Waals surface area (Å²) in [6.45, 7) is 5.08. The number of ether oxygens (including phenoxy) is 1. The highest BCUT2D eigenvalue weighted by molar-refractivity contribution is 7.80. The van der Waals surface area contributed by atoms with Gasteiger partial charge in [-0.25, -0.2) is 0 Å². The van der Waals surface area contributed by atoms with Crippen LogP contribution in [0.25, 0.3) is 0 Å². The van der Waals surface area contributed by atoms with Crippen LogP contribution in [0.15, 0.2) is 0 Å². The van der Waals surface area contributed by atoms with Crippen LogP contribution in [0.2, 0.25) is 0 Å². The Balaban J connectivity index is 2.35. The second kappa shape index (κ2) is 7.13. The molecule has 1 N–H and O–H groups in total. The minimum absolute atomic E-state index is 0.265. The monoisotopic (exact) mass is 259 g/mol. The standard InChI is InChI=1S/C12H25N3OS/c1-10(9-16-4)13-12(17)15(3)11-5-7-14(2)8-6-11/h10-11H,5-9H2,1-4H3,(H,13,17). The van der Waals surface area contributed by atoms with Gasteiger partial charge in [0, 0.05) is 26.2 Å². The van der Waals surface area contributed by atoms with E-state index in [1.807, 2.05) is 0 Å². The van der Waals surface area contributed by atoms with Crippen LogP contribution in [0.1, 0.15) is 19.8 Å². The first-order chi connectivity index (χ1) is 8.04. The lowest BCUT2D eigenvalue weighted by atomic mass is 10.0. The molecule has 1 heterocycles. The van der Waals surface area contributed by atoms with E-state index >= 15 is 0 Å². The Morgan fingerprint density at radius 2 is 2.12 bits per heavy atom. The predicted molar refractivity (Wildman–Crippen MR) is 75.4 cm³/mol. The summed E-state index contributed by atoms with van der Waals surface area (Å²) in [5, 5.41) is 4.14. The fourth-order valence-corrected chi connectivity index (χ4v) is 2.50. The number of piperidine rings is 1. The van der Waals surface area contributed by atoms with E-state index in [-0.39, 0.29) is 6.04 Å². The van der Waals surface area contributed by atoms with Gasteiger partial charge in [0.1, 0.15) is 0 Å². The van der Waals surface area contributed by atoms with Crippen LogP contribution >= 0.6 is 12.2 Å². The van der Waals surface area contributed by atoms with Gasteiger partial charge in [-0.15, -0.1) is 0 Å². The van der Waals surface area contributed by atoms with Crippen LogP contribution in [0.3, 0.4) is 0 Å². The quantitative estimate of drug-likeness (QED) is 0.758. The summed E-state index contributed by atoms with van der Waals surface area (Å²) in [5.41, 5.74) is 0. The summed E-state index contributed by atoms with van der Waals surface area (Å²) in [5.74, 6) is 0. The average Bonchev–Trinajstić information content (AvgIpc) is 2.29. The number of thiocarbonyl (C=S) groups is 1. The molecule has 0 amide bonds. The summed E-state index contributed by atoms with van der Waals surface area (Å²) in [6.07, 6.45) is 2.38. The molecular formula is C12H25N3OS. The largest absolute Gasteiger partial charge is 0.383 e. The van der Waals surface area contributed by atoms with E-state index in [9.17, 15) is 0 Å². The molecule has 1 unspecified atom stereocenters. The van der Waals surface area contributed by atoms with Crippen molar-refractivity contribution in [2.45, 2.75) is 31.8 Å². The molecule has 0 aromatic heterocycles. The van der Waals surface area contributed by atoms with E-state index < -0.39 is 0 Å². The Labute approximate surface area is 110 Å². The van der Waals surface area contributed by atoms with Crippen molar-refractivity contribution in [2.75, 3.05) is 40.9 Å². The Morgan fingerprint density at radius 1 is 1.53 bits per heavy atom. The molecule has 0 spiro atoms. The van der Waals surface area contributed by atoms with Crippen molar-refractivity contribution in [3.63, 3.8) is 0 Å². The summed E-state index contributed by atoms with van der Waals surface area (Å²) in [4.78, 5) is 4.57. The molecule has 4 nitrogen and oxygen atoms in total. The van der Waals surface area contributed by atoms with Gasteiger partial charge in [-0.3, -0.25) is 0 Å². The van der Waals surface area contributed by atoms with Crippen molar-refractivity contribution in [3.8, 4) is 0 Å². The number of nitrogens with one attached hydrogen (secondary N) is 1. The number of methoxy groups -OCH3 is 1. The molecule has 0 aromatic carbocycles. The van der Waals surface area contributed by atoms with Crippen LogP contribution in [0, 0.1) is 0 Å². The Hall–Kier alpha value is -0.390. The normalized spacial score (nSPS) is 20.0. The first kappa shape index (κ1) is 14.7. The van der Waals surface area contributed by atoms with Crippen molar-refractivity contribution in [2.24, 2.45) is 0 Å². The Bertz CT molecular complexity index is 242. The first-order valence-corrected chi connectivity index (χ1v) is 6.66. The fraction of sp³-hybridized carbons (Fsp3) is 0.917. The number of hydrogen-bond acceptors (Lipinski definition) is 3. The minimum atomic E-state index is 0.265. The molecule has 5 heteroatoms. The van der Waals surface area contributed by atoms with Gasteiger partial charge in [0.2, 0.25) is 0 Å². The highest BCUT2D eigenvalue weighted by Crippen LogP contribution is 2.14. The molecule has 0 bridgehead atoms. The summed E-state index contributed by atoms with van der Waals surface area (Å²) < 4.78 is 5.10. The third kappa shape index (κ3) is 4.77.